The first kappa shape index (κ1) is 20.3. The monoisotopic (exact) mass is 465 g/mol. The van der Waals surface area contributed by atoms with Crippen LogP contribution in [0.1, 0.15) is 13.3 Å². The summed E-state index contributed by atoms with van der Waals surface area (Å²) >= 11 is 1.69. The van der Waals surface area contributed by atoms with Crippen LogP contribution in [0.5, 0.6) is 0 Å². The maximum atomic E-state index is 11.8. The van der Waals surface area contributed by atoms with Crippen LogP contribution in [0.25, 0.3) is 55.2 Å². The zero-order valence-electron chi connectivity index (χ0n) is 18.2. The van der Waals surface area contributed by atoms with Gasteiger partial charge in [0.2, 0.25) is 5.91 Å². The largest absolute Gasteiger partial charge is 0.337 e. The number of nitrogens with zero attached hydrogens (tertiary/aromatic N) is 4. The number of fused-ring (bicyclic) bond motifs is 2. The Morgan fingerprint density at radius 3 is 2.88 bits per heavy atom. The van der Waals surface area contributed by atoms with Crippen LogP contribution in [0, 0.1) is 0 Å². The number of carbonyl (C=O) groups excluding carboxylic acids is 1. The molecule has 0 aliphatic rings. The van der Waals surface area contributed by atoms with Gasteiger partial charge in [-0.2, -0.15) is 5.10 Å². The van der Waals surface area contributed by atoms with Crippen molar-refractivity contribution in [2.24, 2.45) is 0 Å². The van der Waals surface area contributed by atoms with Crippen molar-refractivity contribution in [3.05, 3.63) is 66.4 Å². The number of aromatic amines is 2. The zero-order chi connectivity index (χ0) is 23.1. The van der Waals surface area contributed by atoms with Crippen LogP contribution >= 0.6 is 11.3 Å². The van der Waals surface area contributed by atoms with Gasteiger partial charge < -0.3 is 10.3 Å². The Balaban J connectivity index is 1.43. The quantitative estimate of drug-likeness (QED) is 0.305. The summed E-state index contributed by atoms with van der Waals surface area (Å²) in [6.45, 7) is 1.81. The summed E-state index contributed by atoms with van der Waals surface area (Å²) in [5.41, 5.74) is 6.64. The Morgan fingerprint density at radius 2 is 2.03 bits per heavy atom. The van der Waals surface area contributed by atoms with Crippen LogP contribution in [0.4, 0.5) is 5.69 Å². The third-order valence-corrected chi connectivity index (χ3v) is 6.51. The normalized spacial score (nSPS) is 11.3. The van der Waals surface area contributed by atoms with Gasteiger partial charge in [-0.05, 0) is 29.6 Å². The number of carbonyl (C=O) groups is 1. The number of hydrogen-bond donors (Lipinski definition) is 3. The number of benzene rings is 1. The van der Waals surface area contributed by atoms with Crippen molar-refractivity contribution in [1.29, 1.82) is 0 Å². The molecule has 1 aromatic carbocycles. The number of para-hydroxylation sites is 1. The van der Waals surface area contributed by atoms with Gasteiger partial charge in [-0.3, -0.25) is 19.9 Å². The number of aromatic nitrogens is 6. The van der Waals surface area contributed by atoms with Crippen molar-refractivity contribution in [3.8, 4) is 33.2 Å². The van der Waals surface area contributed by atoms with E-state index in [1.807, 2.05) is 37.3 Å². The van der Waals surface area contributed by atoms with Crippen molar-refractivity contribution in [2.75, 3.05) is 5.32 Å². The predicted octanol–water partition coefficient (Wildman–Crippen LogP) is 5.64. The van der Waals surface area contributed by atoms with E-state index in [0.717, 1.165) is 44.5 Å². The second kappa shape index (κ2) is 8.20. The Morgan fingerprint density at radius 1 is 1.09 bits per heavy atom. The van der Waals surface area contributed by atoms with Gasteiger partial charge in [-0.15, -0.1) is 11.3 Å². The Kier molecular flexibility index (Phi) is 4.88. The van der Waals surface area contributed by atoms with E-state index < -0.39 is 0 Å². The first-order valence-electron chi connectivity index (χ1n) is 10.8. The molecule has 0 fully saturated rings. The van der Waals surface area contributed by atoms with Crippen molar-refractivity contribution < 1.29 is 4.79 Å². The molecule has 5 aromatic heterocycles. The summed E-state index contributed by atoms with van der Waals surface area (Å²) in [6, 6.07) is 14.1. The first-order chi connectivity index (χ1) is 16.7. The van der Waals surface area contributed by atoms with E-state index in [1.165, 1.54) is 4.88 Å². The molecule has 0 saturated carbocycles. The Hall–Kier alpha value is -4.37. The molecular weight excluding hydrogens is 446 g/mol. The van der Waals surface area contributed by atoms with E-state index in [0.29, 0.717) is 17.9 Å². The van der Waals surface area contributed by atoms with E-state index >= 15 is 0 Å². The molecule has 0 aliphatic carbocycles. The summed E-state index contributed by atoms with van der Waals surface area (Å²) in [6.07, 6.45) is 5.50. The second-order valence-corrected chi connectivity index (χ2v) is 8.76. The van der Waals surface area contributed by atoms with Gasteiger partial charge in [0.15, 0.2) is 5.82 Å². The molecule has 0 spiro atoms. The molecule has 0 unspecified atom stereocenters. The molecule has 0 saturated heterocycles. The molecule has 166 valence electrons. The number of anilines is 1. The lowest BCUT2D eigenvalue weighted by molar-refractivity contribution is -0.115. The summed E-state index contributed by atoms with van der Waals surface area (Å²) in [5, 5.41) is 13.4. The lowest BCUT2D eigenvalue weighted by atomic mass is 10.1. The maximum Gasteiger partial charge on any atom is 0.224 e. The van der Waals surface area contributed by atoms with Crippen LogP contribution < -0.4 is 5.32 Å². The average molecular weight is 466 g/mol. The highest BCUT2D eigenvalue weighted by Gasteiger charge is 2.16. The molecule has 0 bridgehead atoms. The van der Waals surface area contributed by atoms with Crippen molar-refractivity contribution in [2.45, 2.75) is 13.3 Å². The number of amides is 1. The lowest BCUT2D eigenvalue weighted by Crippen LogP contribution is -2.09. The van der Waals surface area contributed by atoms with E-state index in [-0.39, 0.29) is 5.91 Å². The standard InChI is InChI=1S/C25H19N7OS/c1-2-22(33)28-15-9-14(11-26-12-15)19-10-17-20(13-27-19)31-32-24(17)25-29-18-6-3-5-16(23(18)30-25)21-7-4-8-34-21/h3-13H,2H2,1H3,(H,28,33)(H,29,30)(H,31,32). The number of nitrogens with one attached hydrogen (secondary N) is 3. The van der Waals surface area contributed by atoms with Crippen molar-refractivity contribution >= 4 is 44.9 Å². The SMILES string of the molecule is CCC(=O)Nc1cncc(-c2cc3c(-c4nc5c(-c6cccs6)cccc5[nH]4)n[nH]c3cn2)c1. The zero-order valence-corrected chi connectivity index (χ0v) is 19.0. The number of rotatable bonds is 5. The van der Waals surface area contributed by atoms with Gasteiger partial charge in [-0.1, -0.05) is 25.1 Å². The Bertz CT molecular complexity index is 1650. The minimum atomic E-state index is -0.0636. The highest BCUT2D eigenvalue weighted by Crippen LogP contribution is 2.34. The molecule has 5 heterocycles. The first-order valence-corrected chi connectivity index (χ1v) is 11.7. The summed E-state index contributed by atoms with van der Waals surface area (Å²) in [4.78, 5) is 30.1. The maximum absolute atomic E-state index is 11.8. The van der Waals surface area contributed by atoms with E-state index in [2.05, 4.69) is 48.0 Å². The van der Waals surface area contributed by atoms with Gasteiger partial charge >= 0.3 is 0 Å². The molecule has 6 aromatic rings. The number of imidazole rings is 1. The third kappa shape index (κ3) is 3.52. The topological polar surface area (TPSA) is 112 Å². The average Bonchev–Trinajstić information content (AvgIpc) is 3.62. The molecule has 3 N–H and O–H groups in total. The second-order valence-electron chi connectivity index (χ2n) is 7.82. The molecule has 0 radical (unpaired) electrons. The smallest absolute Gasteiger partial charge is 0.224 e. The van der Waals surface area contributed by atoms with Crippen molar-refractivity contribution in [3.63, 3.8) is 0 Å². The molecule has 0 atom stereocenters. The number of pyridine rings is 2. The summed E-state index contributed by atoms with van der Waals surface area (Å²) < 4.78 is 0. The van der Waals surface area contributed by atoms with Crippen LogP contribution in [-0.2, 0) is 4.79 Å². The van der Waals surface area contributed by atoms with Crippen molar-refractivity contribution in [1.82, 2.24) is 30.1 Å². The van der Waals surface area contributed by atoms with E-state index in [1.54, 1.807) is 29.9 Å². The minimum Gasteiger partial charge on any atom is -0.337 e. The molecular formula is C25H19N7OS. The third-order valence-electron chi connectivity index (χ3n) is 5.61. The van der Waals surface area contributed by atoms with Gasteiger partial charge in [0.05, 0.1) is 40.3 Å². The minimum absolute atomic E-state index is 0.0636. The molecule has 8 nitrogen and oxygen atoms in total. The molecule has 1 amide bonds. The number of H-pyrrole nitrogens is 2. The molecule has 34 heavy (non-hydrogen) atoms. The molecule has 9 heteroatoms. The van der Waals surface area contributed by atoms with E-state index in [4.69, 9.17) is 4.98 Å². The highest BCUT2D eigenvalue weighted by atomic mass is 32.1. The fourth-order valence-corrected chi connectivity index (χ4v) is 4.68. The van der Waals surface area contributed by atoms with Gasteiger partial charge in [0.25, 0.3) is 0 Å². The van der Waals surface area contributed by atoms with Gasteiger partial charge in [0.1, 0.15) is 5.69 Å². The van der Waals surface area contributed by atoms with Gasteiger partial charge in [-0.25, -0.2) is 4.98 Å². The predicted molar refractivity (Wildman–Crippen MR) is 134 cm³/mol. The lowest BCUT2D eigenvalue weighted by Gasteiger charge is -2.06. The van der Waals surface area contributed by atoms with Crippen LogP contribution in [0.2, 0.25) is 0 Å². The van der Waals surface area contributed by atoms with Gasteiger partial charge in [0, 0.05) is 34.0 Å². The highest BCUT2D eigenvalue weighted by molar-refractivity contribution is 7.13. The Labute approximate surface area is 198 Å². The molecule has 0 aliphatic heterocycles. The van der Waals surface area contributed by atoms with Crippen LogP contribution in [0.15, 0.2) is 66.4 Å². The van der Waals surface area contributed by atoms with E-state index in [9.17, 15) is 4.79 Å². The number of hydrogen-bond acceptors (Lipinski definition) is 6. The fraction of sp³-hybridized carbons (Fsp3) is 0.0800. The molecule has 6 rings (SSSR count). The van der Waals surface area contributed by atoms with Crippen LogP contribution in [0.3, 0.4) is 0 Å². The number of thiophene rings is 1. The van der Waals surface area contributed by atoms with Crippen LogP contribution in [-0.4, -0.2) is 36.0 Å². The fourth-order valence-electron chi connectivity index (χ4n) is 3.93. The summed E-state index contributed by atoms with van der Waals surface area (Å²) in [5.74, 6) is 0.621. The summed E-state index contributed by atoms with van der Waals surface area (Å²) in [7, 11) is 0.